The monoisotopic (exact) mass is 254 g/mol. The molecule has 0 radical (unpaired) electrons. The molecule has 0 aliphatic heterocycles. The Kier molecular flexibility index (Phi) is 6.75. The van der Waals surface area contributed by atoms with Crippen molar-refractivity contribution in [3.8, 4) is 0 Å². The summed E-state index contributed by atoms with van der Waals surface area (Å²) in [5.74, 6) is 5.55. The Bertz CT molecular complexity index is 384. The second kappa shape index (κ2) is 8.43. The highest BCUT2D eigenvalue weighted by molar-refractivity contribution is 5.79. The van der Waals surface area contributed by atoms with Crippen LogP contribution in [-0.2, 0) is 11.3 Å². The summed E-state index contributed by atoms with van der Waals surface area (Å²) >= 11 is 0. The van der Waals surface area contributed by atoms with Crippen molar-refractivity contribution in [2.45, 2.75) is 13.0 Å². The van der Waals surface area contributed by atoms with E-state index in [1.165, 1.54) is 12.1 Å². The molecule has 1 aromatic carbocycles. The van der Waals surface area contributed by atoms with Gasteiger partial charge in [-0.1, -0.05) is 12.1 Å². The Morgan fingerprint density at radius 1 is 1.50 bits per heavy atom. The molecular formula is C12H19FN4O. The smallest absolute Gasteiger partial charge is 0.206 e. The fraction of sp³-hybridized carbons (Fsp3) is 0.417. The van der Waals surface area contributed by atoms with Gasteiger partial charge in [-0.05, 0) is 24.1 Å². The minimum Gasteiger partial charge on any atom is -0.385 e. The third-order valence-electron chi connectivity index (χ3n) is 2.26. The zero-order valence-electron chi connectivity index (χ0n) is 10.4. The van der Waals surface area contributed by atoms with Gasteiger partial charge in [0.25, 0.3) is 0 Å². The third-order valence-corrected chi connectivity index (χ3v) is 2.26. The molecule has 0 spiro atoms. The summed E-state index contributed by atoms with van der Waals surface area (Å²) in [5.41, 5.74) is 3.26. The molecule has 5 nitrogen and oxygen atoms in total. The van der Waals surface area contributed by atoms with Gasteiger partial charge >= 0.3 is 0 Å². The third kappa shape index (κ3) is 5.60. The number of guanidine groups is 1. The number of hydrogen-bond donors (Lipinski definition) is 3. The zero-order chi connectivity index (χ0) is 13.2. The Balaban J connectivity index is 2.42. The van der Waals surface area contributed by atoms with Crippen LogP contribution in [0.4, 0.5) is 4.39 Å². The molecule has 0 aromatic heterocycles. The number of nitrogens with two attached hydrogens (primary N) is 1. The van der Waals surface area contributed by atoms with Gasteiger partial charge in [-0.25, -0.2) is 15.2 Å². The molecule has 6 heteroatoms. The van der Waals surface area contributed by atoms with Crippen LogP contribution in [0.3, 0.4) is 0 Å². The Labute approximate surface area is 106 Å². The molecule has 0 atom stereocenters. The van der Waals surface area contributed by atoms with Gasteiger partial charge < -0.3 is 10.1 Å². The average Bonchev–Trinajstić information content (AvgIpc) is 2.38. The number of benzene rings is 1. The Morgan fingerprint density at radius 3 is 3.00 bits per heavy atom. The normalized spacial score (nSPS) is 11.4. The molecule has 100 valence electrons. The van der Waals surface area contributed by atoms with Gasteiger partial charge in [0.2, 0.25) is 5.96 Å². The SMILES string of the molecule is COCCCNC(=NCc1cccc(F)c1)NN. The predicted molar refractivity (Wildman–Crippen MR) is 69.4 cm³/mol. The molecule has 0 aliphatic rings. The quantitative estimate of drug-likeness (QED) is 0.230. The van der Waals surface area contributed by atoms with Crippen molar-refractivity contribution in [1.82, 2.24) is 10.7 Å². The summed E-state index contributed by atoms with van der Waals surface area (Å²) in [6.07, 6.45) is 0.858. The highest BCUT2D eigenvalue weighted by atomic mass is 19.1. The van der Waals surface area contributed by atoms with Crippen molar-refractivity contribution in [3.63, 3.8) is 0 Å². The molecule has 1 aromatic rings. The van der Waals surface area contributed by atoms with Crippen molar-refractivity contribution >= 4 is 5.96 Å². The van der Waals surface area contributed by atoms with Crippen molar-refractivity contribution in [2.24, 2.45) is 10.8 Å². The number of halogens is 1. The number of hydrazine groups is 1. The molecule has 18 heavy (non-hydrogen) atoms. The van der Waals surface area contributed by atoms with Gasteiger partial charge in [0, 0.05) is 20.3 Å². The summed E-state index contributed by atoms with van der Waals surface area (Å²) < 4.78 is 17.9. The second-order valence-electron chi connectivity index (χ2n) is 3.71. The number of hydrogen-bond acceptors (Lipinski definition) is 3. The van der Waals surface area contributed by atoms with E-state index in [0.29, 0.717) is 25.7 Å². The van der Waals surface area contributed by atoms with Gasteiger partial charge in [-0.3, -0.25) is 5.43 Å². The molecule has 0 bridgehead atoms. The highest BCUT2D eigenvalue weighted by Crippen LogP contribution is 2.04. The van der Waals surface area contributed by atoms with Gasteiger partial charge in [0.05, 0.1) is 6.54 Å². The molecule has 0 amide bonds. The van der Waals surface area contributed by atoms with E-state index in [2.05, 4.69) is 15.7 Å². The van der Waals surface area contributed by atoms with Crippen LogP contribution >= 0.6 is 0 Å². The average molecular weight is 254 g/mol. The molecular weight excluding hydrogens is 235 g/mol. The van der Waals surface area contributed by atoms with Crippen LogP contribution in [0.25, 0.3) is 0 Å². The first-order valence-electron chi connectivity index (χ1n) is 5.74. The summed E-state index contributed by atoms with van der Waals surface area (Å²) in [6.45, 7) is 1.75. The standard InChI is InChI=1S/C12H19FN4O/c1-18-7-3-6-15-12(17-14)16-9-10-4-2-5-11(13)8-10/h2,4-5,8H,3,6-7,9,14H2,1H3,(H2,15,16,17). The van der Waals surface area contributed by atoms with E-state index in [1.807, 2.05) is 6.07 Å². The molecule has 0 fully saturated rings. The van der Waals surface area contributed by atoms with Gasteiger partial charge in [-0.15, -0.1) is 0 Å². The summed E-state index contributed by atoms with van der Waals surface area (Å²) in [7, 11) is 1.65. The predicted octanol–water partition coefficient (Wildman–Crippen LogP) is 0.771. The molecule has 0 unspecified atom stereocenters. The molecule has 4 N–H and O–H groups in total. The van der Waals surface area contributed by atoms with E-state index in [1.54, 1.807) is 13.2 Å². The second-order valence-corrected chi connectivity index (χ2v) is 3.71. The van der Waals surface area contributed by atoms with Crippen LogP contribution in [-0.4, -0.2) is 26.2 Å². The van der Waals surface area contributed by atoms with Crippen LogP contribution in [0.1, 0.15) is 12.0 Å². The number of nitrogens with one attached hydrogen (secondary N) is 2. The van der Waals surface area contributed by atoms with Crippen LogP contribution < -0.4 is 16.6 Å². The molecule has 0 heterocycles. The van der Waals surface area contributed by atoms with E-state index in [4.69, 9.17) is 10.6 Å². The summed E-state index contributed by atoms with van der Waals surface area (Å²) in [5, 5.41) is 3.03. The van der Waals surface area contributed by atoms with Crippen molar-refractivity contribution in [3.05, 3.63) is 35.6 Å². The van der Waals surface area contributed by atoms with E-state index in [9.17, 15) is 4.39 Å². The maximum Gasteiger partial charge on any atom is 0.206 e. The lowest BCUT2D eigenvalue weighted by atomic mass is 10.2. The minimum absolute atomic E-state index is 0.266. The summed E-state index contributed by atoms with van der Waals surface area (Å²) in [4.78, 5) is 4.21. The van der Waals surface area contributed by atoms with Crippen molar-refractivity contribution in [1.29, 1.82) is 0 Å². The Hall–Kier alpha value is -1.66. The van der Waals surface area contributed by atoms with Crippen LogP contribution in [0, 0.1) is 5.82 Å². The first kappa shape index (κ1) is 14.4. The van der Waals surface area contributed by atoms with Crippen LogP contribution in [0.15, 0.2) is 29.3 Å². The number of ether oxygens (including phenoxy) is 1. The van der Waals surface area contributed by atoms with E-state index >= 15 is 0 Å². The number of aliphatic imine (C=N–C) groups is 1. The lowest BCUT2D eigenvalue weighted by Crippen LogP contribution is -2.42. The van der Waals surface area contributed by atoms with Gasteiger partial charge in [-0.2, -0.15) is 0 Å². The zero-order valence-corrected chi connectivity index (χ0v) is 10.4. The fourth-order valence-electron chi connectivity index (χ4n) is 1.38. The maximum atomic E-state index is 12.9. The van der Waals surface area contributed by atoms with Crippen LogP contribution in [0.2, 0.25) is 0 Å². The van der Waals surface area contributed by atoms with Gasteiger partial charge in [0.15, 0.2) is 0 Å². The maximum absolute atomic E-state index is 12.9. The summed E-state index contributed by atoms with van der Waals surface area (Å²) in [6, 6.07) is 6.31. The number of methoxy groups -OCH3 is 1. The van der Waals surface area contributed by atoms with Crippen LogP contribution in [0.5, 0.6) is 0 Å². The van der Waals surface area contributed by atoms with Crippen molar-refractivity contribution < 1.29 is 9.13 Å². The molecule has 0 saturated carbocycles. The Morgan fingerprint density at radius 2 is 2.33 bits per heavy atom. The van der Waals surface area contributed by atoms with E-state index in [0.717, 1.165) is 12.0 Å². The molecule has 0 aliphatic carbocycles. The lowest BCUT2D eigenvalue weighted by Gasteiger charge is -2.08. The van der Waals surface area contributed by atoms with Gasteiger partial charge in [0.1, 0.15) is 5.82 Å². The van der Waals surface area contributed by atoms with E-state index in [-0.39, 0.29) is 5.82 Å². The van der Waals surface area contributed by atoms with Crippen molar-refractivity contribution in [2.75, 3.05) is 20.3 Å². The molecule has 0 saturated heterocycles. The number of nitrogens with zero attached hydrogens (tertiary/aromatic N) is 1. The van der Waals surface area contributed by atoms with E-state index < -0.39 is 0 Å². The fourth-order valence-corrected chi connectivity index (χ4v) is 1.38. The molecule has 1 rings (SSSR count). The topological polar surface area (TPSA) is 71.7 Å². The largest absolute Gasteiger partial charge is 0.385 e. The first-order chi connectivity index (χ1) is 8.76. The number of rotatable bonds is 6. The highest BCUT2D eigenvalue weighted by Gasteiger charge is 1.97. The minimum atomic E-state index is -0.266. The lowest BCUT2D eigenvalue weighted by molar-refractivity contribution is 0.195. The first-order valence-corrected chi connectivity index (χ1v) is 5.74.